The molecule has 0 bridgehead atoms. The molecule has 0 aromatic heterocycles. The van der Waals surface area contributed by atoms with Crippen LogP contribution in [0, 0.1) is 5.41 Å². The summed E-state index contributed by atoms with van der Waals surface area (Å²) in [5, 5.41) is 0. The SMILES string of the molecule is CC1(C)Cc2ccccc2CN(C(=O)OC(C)(C)C)C1. The summed E-state index contributed by atoms with van der Waals surface area (Å²) in [5.41, 5.74) is 2.17. The number of ether oxygens (including phenoxy) is 1. The average molecular weight is 275 g/mol. The van der Waals surface area contributed by atoms with E-state index in [2.05, 4.69) is 32.0 Å². The average Bonchev–Trinajstić information content (AvgIpc) is 2.41. The van der Waals surface area contributed by atoms with Crippen LogP contribution in [-0.4, -0.2) is 23.1 Å². The minimum absolute atomic E-state index is 0.0590. The second-order valence-electron chi connectivity index (χ2n) is 7.45. The lowest BCUT2D eigenvalue weighted by Crippen LogP contribution is -2.40. The molecule has 20 heavy (non-hydrogen) atoms. The Morgan fingerprint density at radius 3 is 2.40 bits per heavy atom. The van der Waals surface area contributed by atoms with Gasteiger partial charge >= 0.3 is 6.09 Å². The van der Waals surface area contributed by atoms with Crippen molar-refractivity contribution in [2.75, 3.05) is 6.54 Å². The van der Waals surface area contributed by atoms with Gasteiger partial charge in [-0.15, -0.1) is 0 Å². The molecule has 1 aromatic rings. The number of carbonyl (C=O) groups is 1. The number of carbonyl (C=O) groups excluding carboxylic acids is 1. The molecule has 110 valence electrons. The van der Waals surface area contributed by atoms with Gasteiger partial charge in [-0.3, -0.25) is 0 Å². The van der Waals surface area contributed by atoms with E-state index in [1.165, 1.54) is 11.1 Å². The summed E-state index contributed by atoms with van der Waals surface area (Å²) in [4.78, 5) is 14.2. The van der Waals surface area contributed by atoms with Gasteiger partial charge in [0.1, 0.15) is 5.60 Å². The maximum atomic E-state index is 12.4. The quantitative estimate of drug-likeness (QED) is 0.716. The Kier molecular flexibility index (Phi) is 3.81. The standard InChI is InChI=1S/C17H25NO2/c1-16(2,3)20-15(19)18-11-14-9-7-6-8-13(14)10-17(4,5)12-18/h6-9H,10-12H2,1-5H3. The van der Waals surface area contributed by atoms with Gasteiger partial charge in [0, 0.05) is 13.1 Å². The van der Waals surface area contributed by atoms with Crippen LogP contribution in [0.5, 0.6) is 0 Å². The molecule has 0 saturated carbocycles. The minimum atomic E-state index is -0.451. The molecule has 3 heteroatoms. The molecule has 0 atom stereocenters. The monoisotopic (exact) mass is 275 g/mol. The van der Waals surface area contributed by atoms with Gasteiger partial charge in [-0.2, -0.15) is 0 Å². The number of amides is 1. The predicted molar refractivity (Wildman–Crippen MR) is 80.6 cm³/mol. The molecule has 0 unspecified atom stereocenters. The van der Waals surface area contributed by atoms with Crippen LogP contribution >= 0.6 is 0 Å². The third kappa shape index (κ3) is 3.75. The van der Waals surface area contributed by atoms with E-state index < -0.39 is 5.60 Å². The Balaban J connectivity index is 2.25. The third-order valence-electron chi connectivity index (χ3n) is 3.42. The molecular weight excluding hydrogens is 250 g/mol. The lowest BCUT2D eigenvalue weighted by Gasteiger charge is -2.31. The molecule has 0 aliphatic carbocycles. The molecule has 3 nitrogen and oxygen atoms in total. The first-order valence-corrected chi connectivity index (χ1v) is 7.21. The van der Waals surface area contributed by atoms with Gasteiger partial charge in [-0.25, -0.2) is 4.79 Å². The Morgan fingerprint density at radius 1 is 1.20 bits per heavy atom. The largest absolute Gasteiger partial charge is 0.444 e. The molecule has 0 spiro atoms. The number of hydrogen-bond acceptors (Lipinski definition) is 2. The summed E-state index contributed by atoms with van der Waals surface area (Å²) in [5.74, 6) is 0. The van der Waals surface area contributed by atoms with Crippen molar-refractivity contribution in [3.05, 3.63) is 35.4 Å². The van der Waals surface area contributed by atoms with Crippen molar-refractivity contribution in [3.8, 4) is 0 Å². The third-order valence-corrected chi connectivity index (χ3v) is 3.42. The molecule has 0 saturated heterocycles. The molecule has 1 amide bonds. The number of fused-ring (bicyclic) bond motifs is 1. The molecule has 0 N–H and O–H groups in total. The van der Waals surface area contributed by atoms with Crippen LogP contribution in [0.3, 0.4) is 0 Å². The number of benzene rings is 1. The van der Waals surface area contributed by atoms with Gasteiger partial charge < -0.3 is 9.64 Å². The van der Waals surface area contributed by atoms with E-state index in [1.54, 1.807) is 0 Å². The van der Waals surface area contributed by atoms with Crippen molar-refractivity contribution in [2.45, 2.75) is 53.2 Å². The first-order chi connectivity index (χ1) is 9.16. The summed E-state index contributed by atoms with van der Waals surface area (Å²) < 4.78 is 5.53. The predicted octanol–water partition coefficient (Wildman–Crippen LogP) is 4.01. The Bertz CT molecular complexity index is 500. The maximum Gasteiger partial charge on any atom is 0.410 e. The van der Waals surface area contributed by atoms with Crippen LogP contribution < -0.4 is 0 Å². The molecule has 1 aliphatic rings. The molecule has 0 radical (unpaired) electrons. The van der Waals surface area contributed by atoms with E-state index in [4.69, 9.17) is 4.74 Å². The number of nitrogens with zero attached hydrogens (tertiary/aromatic N) is 1. The summed E-state index contributed by atoms with van der Waals surface area (Å²) in [6, 6.07) is 8.37. The fourth-order valence-corrected chi connectivity index (χ4v) is 2.69. The van der Waals surface area contributed by atoms with Crippen LogP contribution in [-0.2, 0) is 17.7 Å². The summed E-state index contributed by atoms with van der Waals surface area (Å²) in [6.45, 7) is 11.5. The van der Waals surface area contributed by atoms with Crippen molar-refractivity contribution in [1.29, 1.82) is 0 Å². The smallest absolute Gasteiger partial charge is 0.410 e. The van der Waals surface area contributed by atoms with Crippen LogP contribution in [0.4, 0.5) is 4.79 Å². The van der Waals surface area contributed by atoms with E-state index >= 15 is 0 Å². The molecule has 2 rings (SSSR count). The zero-order chi connectivity index (χ0) is 15.0. The highest BCUT2D eigenvalue weighted by Crippen LogP contribution is 2.30. The zero-order valence-electron chi connectivity index (χ0n) is 13.2. The van der Waals surface area contributed by atoms with Crippen LogP contribution in [0.25, 0.3) is 0 Å². The second-order valence-corrected chi connectivity index (χ2v) is 7.45. The second kappa shape index (κ2) is 5.12. The highest BCUT2D eigenvalue weighted by Gasteiger charge is 2.32. The molecular formula is C17H25NO2. The fourth-order valence-electron chi connectivity index (χ4n) is 2.69. The Labute approximate surface area is 121 Å². The first kappa shape index (κ1) is 14.9. The van der Waals surface area contributed by atoms with Gasteiger partial charge in [-0.05, 0) is 43.7 Å². The zero-order valence-corrected chi connectivity index (χ0v) is 13.2. The molecule has 1 aromatic carbocycles. The summed E-state index contributed by atoms with van der Waals surface area (Å²) >= 11 is 0. The maximum absolute atomic E-state index is 12.4. The van der Waals surface area contributed by atoms with Crippen molar-refractivity contribution < 1.29 is 9.53 Å². The van der Waals surface area contributed by atoms with Gasteiger partial charge in [0.05, 0.1) is 0 Å². The van der Waals surface area contributed by atoms with Crippen LogP contribution in [0.2, 0.25) is 0 Å². The van der Waals surface area contributed by atoms with Gasteiger partial charge in [0.2, 0.25) is 0 Å². The fraction of sp³-hybridized carbons (Fsp3) is 0.588. The van der Waals surface area contributed by atoms with Crippen molar-refractivity contribution in [2.24, 2.45) is 5.41 Å². The summed E-state index contributed by atoms with van der Waals surface area (Å²) in [7, 11) is 0. The number of hydrogen-bond donors (Lipinski definition) is 0. The summed E-state index contributed by atoms with van der Waals surface area (Å²) in [6.07, 6.45) is 0.768. The van der Waals surface area contributed by atoms with E-state index in [0.717, 1.165) is 13.0 Å². The number of rotatable bonds is 0. The minimum Gasteiger partial charge on any atom is -0.444 e. The van der Waals surface area contributed by atoms with E-state index in [9.17, 15) is 4.79 Å². The lowest BCUT2D eigenvalue weighted by atomic mass is 9.85. The van der Waals surface area contributed by atoms with Crippen molar-refractivity contribution >= 4 is 6.09 Å². The van der Waals surface area contributed by atoms with E-state index in [-0.39, 0.29) is 11.5 Å². The van der Waals surface area contributed by atoms with Crippen LogP contribution in [0.1, 0.15) is 45.7 Å². The molecule has 1 heterocycles. The van der Waals surface area contributed by atoms with Crippen LogP contribution in [0.15, 0.2) is 24.3 Å². The highest BCUT2D eigenvalue weighted by atomic mass is 16.6. The van der Waals surface area contributed by atoms with Crippen molar-refractivity contribution in [1.82, 2.24) is 4.90 Å². The highest BCUT2D eigenvalue weighted by molar-refractivity contribution is 5.68. The lowest BCUT2D eigenvalue weighted by molar-refractivity contribution is 0.0171. The van der Waals surface area contributed by atoms with E-state index in [0.29, 0.717) is 6.54 Å². The topological polar surface area (TPSA) is 29.5 Å². The first-order valence-electron chi connectivity index (χ1n) is 7.21. The van der Waals surface area contributed by atoms with Gasteiger partial charge in [0.25, 0.3) is 0 Å². The van der Waals surface area contributed by atoms with E-state index in [1.807, 2.05) is 31.7 Å². The normalized spacial score (nSPS) is 18.1. The van der Waals surface area contributed by atoms with Gasteiger partial charge in [-0.1, -0.05) is 38.1 Å². The molecule has 1 aliphatic heterocycles. The van der Waals surface area contributed by atoms with Gasteiger partial charge in [0.15, 0.2) is 0 Å². The Hall–Kier alpha value is -1.51. The van der Waals surface area contributed by atoms with Crippen molar-refractivity contribution in [3.63, 3.8) is 0 Å². The molecule has 0 fully saturated rings. The Morgan fingerprint density at radius 2 is 1.80 bits per heavy atom.